The Morgan fingerprint density at radius 3 is 0.833 bits per heavy atom. The van der Waals surface area contributed by atoms with E-state index < -0.39 is 8.25 Å². The summed E-state index contributed by atoms with van der Waals surface area (Å²) >= 11 is -0.189. The number of hydrogen-bond acceptors (Lipinski definition) is 3. The molecule has 0 aliphatic carbocycles. The molecule has 0 aromatic heterocycles. The molecule has 0 radical (unpaired) electrons. The Hall–Kier alpha value is 2.85. The summed E-state index contributed by atoms with van der Waals surface area (Å²) in [5.41, 5.74) is 0. The maximum Gasteiger partial charge on any atom is -0.0813 e. The quantitative estimate of drug-likeness (QED) is 0.0946. The van der Waals surface area contributed by atoms with E-state index in [4.69, 9.17) is 14.4 Å². The van der Waals surface area contributed by atoms with E-state index in [1.54, 1.807) is 34.0 Å². The van der Waals surface area contributed by atoms with Crippen molar-refractivity contribution in [1.82, 2.24) is 0 Å². The zero-order valence-corrected chi connectivity index (χ0v) is 28.3. The Bertz CT molecular complexity index is 250. The van der Waals surface area contributed by atoms with Gasteiger partial charge in [0.15, 0.2) is 0 Å². The van der Waals surface area contributed by atoms with Crippen molar-refractivity contribution in [2.75, 3.05) is 0 Å². The third kappa shape index (κ3) is 52.6. The third-order valence-corrected chi connectivity index (χ3v) is 13.9. The second kappa shape index (κ2) is 39.1. The SMILES string of the molecule is CCCCC[CH2][Nd+][CH2]CCCCC.CCCCC[CH2][Nd+][CH2]CCCCC.O=[PH]([O-])[O-]. The molecule has 0 aliphatic heterocycles. The van der Waals surface area contributed by atoms with Crippen LogP contribution < -0.4 is 9.79 Å². The summed E-state index contributed by atoms with van der Waals surface area (Å²) in [5, 5.41) is 0. The van der Waals surface area contributed by atoms with Gasteiger partial charge in [0.25, 0.3) is 0 Å². The first-order chi connectivity index (χ1) is 14.6. The van der Waals surface area contributed by atoms with Gasteiger partial charge in [-0.25, -0.2) is 0 Å². The van der Waals surface area contributed by atoms with E-state index in [-0.39, 0.29) is 73.4 Å². The van der Waals surface area contributed by atoms with Crippen molar-refractivity contribution >= 4 is 8.25 Å². The van der Waals surface area contributed by atoms with Gasteiger partial charge in [-0.1, -0.05) is 8.25 Å². The second-order valence-electron chi connectivity index (χ2n) is 7.99. The molecule has 6 heteroatoms. The molecule has 0 unspecified atom stereocenters. The van der Waals surface area contributed by atoms with Crippen molar-refractivity contribution < 1.29 is 87.8 Å². The van der Waals surface area contributed by atoms with E-state index in [0.29, 0.717) is 0 Å². The van der Waals surface area contributed by atoms with Gasteiger partial charge >= 0.3 is 212 Å². The molecular weight excluding hydrogens is 656 g/mol. The minimum absolute atomic E-state index is 0.0943. The Balaban J connectivity index is -0.000000412. The number of unbranched alkanes of at least 4 members (excludes halogenated alkanes) is 12. The standard InChI is InChI=1S/4C6H13.2Nd.H3O3P/c4*1-3-5-6-4-2;;;1-4(2)3/h4*1,3-6H2,2H3;;;4H,(H2,1,2,3)/q;;;;2*+1;/p-2. The van der Waals surface area contributed by atoms with Crippen LogP contribution >= 0.6 is 8.25 Å². The van der Waals surface area contributed by atoms with Gasteiger partial charge < -0.3 is 14.4 Å². The molecule has 0 aliphatic rings. The van der Waals surface area contributed by atoms with E-state index in [2.05, 4.69) is 27.7 Å². The van der Waals surface area contributed by atoms with Crippen molar-refractivity contribution in [3.63, 3.8) is 0 Å². The molecule has 30 heavy (non-hydrogen) atoms. The van der Waals surface area contributed by atoms with Gasteiger partial charge in [-0.05, 0) is 0 Å². The molecule has 0 heterocycles. The van der Waals surface area contributed by atoms with Crippen LogP contribution in [0.25, 0.3) is 0 Å². The van der Waals surface area contributed by atoms with Gasteiger partial charge in [0.05, 0.1) is 0 Å². The summed E-state index contributed by atoms with van der Waals surface area (Å²) in [6, 6.07) is 0. The number of hydrogen-bond donors (Lipinski definition) is 0. The normalized spacial score (nSPS) is 9.83. The molecule has 0 saturated carbocycles. The van der Waals surface area contributed by atoms with Gasteiger partial charge in [0.2, 0.25) is 0 Å². The molecule has 0 amide bonds. The van der Waals surface area contributed by atoms with Crippen LogP contribution in [0.2, 0.25) is 8.28 Å². The third-order valence-electron chi connectivity index (χ3n) is 4.83. The average Bonchev–Trinajstić information content (AvgIpc) is 2.71. The Kier molecular flexibility index (Phi) is 48.7. The molecule has 0 fully saturated rings. The maximum atomic E-state index is 8.52. The monoisotopic (exact) mass is 704 g/mol. The molecule has 0 aromatic rings. The van der Waals surface area contributed by atoms with E-state index in [9.17, 15) is 0 Å². The fraction of sp³-hybridized carbons (Fsp3) is 1.00. The first kappa shape index (κ1) is 37.4. The van der Waals surface area contributed by atoms with Crippen molar-refractivity contribution in [2.24, 2.45) is 0 Å². The van der Waals surface area contributed by atoms with E-state index in [1.165, 1.54) is 77.0 Å². The Labute approximate surface area is 231 Å². The van der Waals surface area contributed by atoms with E-state index in [0.717, 1.165) is 0 Å². The Morgan fingerprint density at radius 2 is 0.667 bits per heavy atom. The molecule has 180 valence electrons. The van der Waals surface area contributed by atoms with Gasteiger partial charge in [0.1, 0.15) is 0 Å². The zero-order chi connectivity index (χ0) is 23.1. The van der Waals surface area contributed by atoms with Crippen LogP contribution in [0.5, 0.6) is 0 Å². The van der Waals surface area contributed by atoms with Crippen LogP contribution in [-0.2, 0) is 4.57 Å². The molecule has 0 atom stereocenters. The van der Waals surface area contributed by atoms with Crippen LogP contribution in [-0.4, -0.2) is 0 Å². The topological polar surface area (TPSA) is 63.2 Å². The fourth-order valence-corrected chi connectivity index (χ4v) is 11.0. The first-order valence-electron chi connectivity index (χ1n) is 12.9. The van der Waals surface area contributed by atoms with Crippen LogP contribution in [0.3, 0.4) is 0 Å². The van der Waals surface area contributed by atoms with Crippen LogP contribution in [0.15, 0.2) is 0 Å². The predicted molar refractivity (Wildman–Crippen MR) is 125 cm³/mol. The van der Waals surface area contributed by atoms with Crippen molar-refractivity contribution in [3.8, 4) is 0 Å². The van der Waals surface area contributed by atoms with Gasteiger partial charge in [-0.2, -0.15) is 0 Å². The molecule has 0 bridgehead atoms. The van der Waals surface area contributed by atoms with Crippen molar-refractivity contribution in [3.05, 3.63) is 0 Å². The largest absolute Gasteiger partial charge is 0.813 e. The molecule has 3 nitrogen and oxygen atoms in total. The molecular formula is C24H53Nd2O3P. The van der Waals surface area contributed by atoms with Crippen molar-refractivity contribution in [2.45, 2.75) is 139 Å². The first-order valence-corrected chi connectivity index (χ1v) is 23.2. The molecule has 0 saturated heterocycles. The van der Waals surface area contributed by atoms with Crippen LogP contribution in [0.1, 0.15) is 130 Å². The molecule has 0 N–H and O–H groups in total. The Morgan fingerprint density at radius 1 is 0.467 bits per heavy atom. The van der Waals surface area contributed by atoms with Crippen LogP contribution in [0, 0.1) is 73.4 Å². The molecule has 0 aromatic carbocycles. The summed E-state index contributed by atoms with van der Waals surface area (Å²) in [6.45, 7) is 9.19. The minimum Gasteiger partial charge on any atom is -0.813 e. The summed E-state index contributed by atoms with van der Waals surface area (Å²) in [5.74, 6) is 0. The van der Waals surface area contributed by atoms with E-state index in [1.807, 2.05) is 0 Å². The summed E-state index contributed by atoms with van der Waals surface area (Å²) < 4.78 is 15.2. The minimum atomic E-state index is -3.63. The predicted octanol–water partition coefficient (Wildman–Crippen LogP) is 8.23. The molecule has 0 spiro atoms. The summed E-state index contributed by atoms with van der Waals surface area (Å²) in [6.07, 6.45) is 23.7. The molecule has 0 rings (SSSR count). The average molecular weight is 709 g/mol. The zero-order valence-electron chi connectivity index (χ0n) is 20.9. The van der Waals surface area contributed by atoms with Crippen molar-refractivity contribution in [1.29, 1.82) is 0 Å². The second-order valence-corrected chi connectivity index (χ2v) is 18.1. The van der Waals surface area contributed by atoms with Gasteiger partial charge in [-0.3, -0.25) is 0 Å². The number of rotatable bonds is 20. The maximum absolute atomic E-state index is 8.52. The van der Waals surface area contributed by atoms with Gasteiger partial charge in [-0.15, -0.1) is 0 Å². The smallest absolute Gasteiger partial charge is 0.0813 e. The fourth-order valence-electron chi connectivity index (χ4n) is 2.96. The van der Waals surface area contributed by atoms with Crippen LogP contribution in [0.4, 0.5) is 0 Å². The van der Waals surface area contributed by atoms with Gasteiger partial charge in [0, 0.05) is 0 Å². The summed E-state index contributed by atoms with van der Waals surface area (Å²) in [7, 11) is -3.63. The summed E-state index contributed by atoms with van der Waals surface area (Å²) in [4.78, 5) is 17.0. The van der Waals surface area contributed by atoms with E-state index >= 15 is 0 Å².